The van der Waals surface area contributed by atoms with Crippen LogP contribution in [-0.4, -0.2) is 17.3 Å². The van der Waals surface area contributed by atoms with E-state index in [0.29, 0.717) is 5.82 Å². The van der Waals surface area contributed by atoms with Crippen molar-refractivity contribution in [3.63, 3.8) is 0 Å². The number of ether oxygens (including phenoxy) is 1. The molecule has 0 fully saturated rings. The molecule has 1 N–H and O–H groups in total. The van der Waals surface area contributed by atoms with Crippen LogP contribution in [0.4, 0.5) is 0 Å². The summed E-state index contributed by atoms with van der Waals surface area (Å²) in [7, 11) is 1.57. The van der Waals surface area contributed by atoms with Crippen molar-refractivity contribution in [1.82, 2.24) is 10.1 Å². The maximum absolute atomic E-state index is 10.6. The van der Waals surface area contributed by atoms with Gasteiger partial charge in [-0.05, 0) is 5.92 Å². The van der Waals surface area contributed by atoms with Crippen molar-refractivity contribution in [3.8, 4) is 0 Å². The van der Waals surface area contributed by atoms with Gasteiger partial charge in [0.2, 0.25) is 0 Å². The van der Waals surface area contributed by atoms with Gasteiger partial charge in [0.25, 0.3) is 0 Å². The molecule has 1 unspecified atom stereocenters. The first-order valence-corrected chi connectivity index (χ1v) is 3.74. The monoisotopic (exact) mass is 172 g/mol. The molecule has 1 atom stereocenters. The van der Waals surface area contributed by atoms with E-state index in [2.05, 4.69) is 14.7 Å². The minimum absolute atomic E-state index is 0.212. The Kier molecular flexibility index (Phi) is 2.65. The Hall–Kier alpha value is -1.10. The Morgan fingerprint density at radius 3 is 2.58 bits per heavy atom. The van der Waals surface area contributed by atoms with Crippen LogP contribution in [0.1, 0.15) is 25.8 Å². The van der Waals surface area contributed by atoms with Crippen LogP contribution in [0.25, 0.3) is 0 Å². The zero-order valence-corrected chi connectivity index (χ0v) is 7.33. The molecule has 0 aliphatic carbocycles. The fourth-order valence-electron chi connectivity index (χ4n) is 1.06. The van der Waals surface area contributed by atoms with Gasteiger partial charge in [-0.15, -0.1) is 0 Å². The highest BCUT2D eigenvalue weighted by molar-refractivity contribution is 4.87. The van der Waals surface area contributed by atoms with E-state index < -0.39 is 5.76 Å². The Balaban J connectivity index is 2.87. The van der Waals surface area contributed by atoms with Crippen LogP contribution < -0.4 is 5.76 Å². The Bertz CT molecular complexity index is 289. The van der Waals surface area contributed by atoms with E-state index in [1.807, 2.05) is 13.8 Å². The number of H-pyrrole nitrogens is 1. The summed E-state index contributed by atoms with van der Waals surface area (Å²) >= 11 is 0. The average Bonchev–Trinajstić information content (AvgIpc) is 2.37. The van der Waals surface area contributed by atoms with Crippen LogP contribution in [-0.2, 0) is 4.74 Å². The van der Waals surface area contributed by atoms with Gasteiger partial charge in [0, 0.05) is 7.11 Å². The first-order valence-electron chi connectivity index (χ1n) is 3.74. The van der Waals surface area contributed by atoms with E-state index >= 15 is 0 Å². The number of aromatic amines is 1. The molecule has 1 aromatic rings. The number of aromatic nitrogens is 2. The summed E-state index contributed by atoms with van der Waals surface area (Å²) in [6.45, 7) is 3.95. The van der Waals surface area contributed by atoms with Gasteiger partial charge < -0.3 is 4.74 Å². The summed E-state index contributed by atoms with van der Waals surface area (Å²) in [4.78, 5) is 13.0. The van der Waals surface area contributed by atoms with E-state index in [9.17, 15) is 4.79 Å². The van der Waals surface area contributed by atoms with Crippen LogP contribution in [0, 0.1) is 5.92 Å². The molecule has 0 saturated carbocycles. The van der Waals surface area contributed by atoms with Crippen molar-refractivity contribution in [2.24, 2.45) is 5.92 Å². The van der Waals surface area contributed by atoms with Crippen LogP contribution in [0.15, 0.2) is 9.32 Å². The number of nitrogens with zero attached hydrogens (tertiary/aromatic N) is 1. The molecule has 0 saturated heterocycles. The molecule has 1 rings (SSSR count). The molecule has 0 aromatic carbocycles. The SMILES string of the molecule is COC(c1noc(=O)[nH]1)C(C)C. The summed E-state index contributed by atoms with van der Waals surface area (Å²) in [6, 6.07) is 0. The number of hydrogen-bond acceptors (Lipinski definition) is 4. The molecular weight excluding hydrogens is 160 g/mol. The van der Waals surface area contributed by atoms with E-state index in [4.69, 9.17) is 4.74 Å². The third kappa shape index (κ3) is 1.73. The molecule has 0 spiro atoms. The lowest BCUT2D eigenvalue weighted by atomic mass is 10.1. The maximum atomic E-state index is 10.6. The fraction of sp³-hybridized carbons (Fsp3) is 0.714. The van der Waals surface area contributed by atoms with Crippen LogP contribution in [0.3, 0.4) is 0 Å². The zero-order valence-electron chi connectivity index (χ0n) is 7.33. The molecule has 5 nitrogen and oxygen atoms in total. The lowest BCUT2D eigenvalue weighted by Crippen LogP contribution is -2.11. The third-order valence-corrected chi connectivity index (χ3v) is 1.59. The fourth-order valence-corrected chi connectivity index (χ4v) is 1.06. The van der Waals surface area contributed by atoms with Gasteiger partial charge in [0.05, 0.1) is 0 Å². The summed E-state index contributed by atoms with van der Waals surface area (Å²) in [5.74, 6) is 0.140. The molecule has 0 bridgehead atoms. The molecule has 0 amide bonds. The van der Waals surface area contributed by atoms with Crippen LogP contribution in [0.2, 0.25) is 0 Å². The quantitative estimate of drug-likeness (QED) is 0.728. The molecule has 68 valence electrons. The topological polar surface area (TPSA) is 68.1 Å². The molecule has 1 heterocycles. The highest BCUT2D eigenvalue weighted by Gasteiger charge is 2.19. The van der Waals surface area contributed by atoms with Crippen molar-refractivity contribution in [2.45, 2.75) is 20.0 Å². The average molecular weight is 172 g/mol. The van der Waals surface area contributed by atoms with Gasteiger partial charge in [0.15, 0.2) is 5.82 Å². The van der Waals surface area contributed by atoms with Crippen LogP contribution in [0.5, 0.6) is 0 Å². The third-order valence-electron chi connectivity index (χ3n) is 1.59. The first kappa shape index (κ1) is 8.99. The van der Waals surface area contributed by atoms with Crippen molar-refractivity contribution in [1.29, 1.82) is 0 Å². The molecular formula is C7H12N2O3. The molecule has 5 heteroatoms. The summed E-state index contributed by atoms with van der Waals surface area (Å²) in [5.41, 5.74) is 0. The van der Waals surface area contributed by atoms with Gasteiger partial charge >= 0.3 is 5.76 Å². The highest BCUT2D eigenvalue weighted by Crippen LogP contribution is 2.20. The van der Waals surface area contributed by atoms with Gasteiger partial charge in [-0.1, -0.05) is 19.0 Å². The van der Waals surface area contributed by atoms with Gasteiger partial charge in [-0.3, -0.25) is 9.51 Å². The molecule has 0 aliphatic rings. The van der Waals surface area contributed by atoms with E-state index in [0.717, 1.165) is 0 Å². The van der Waals surface area contributed by atoms with Crippen LogP contribution >= 0.6 is 0 Å². The molecule has 1 aromatic heterocycles. The van der Waals surface area contributed by atoms with Crippen molar-refractivity contribution in [2.75, 3.05) is 7.11 Å². The second-order valence-corrected chi connectivity index (χ2v) is 2.88. The second-order valence-electron chi connectivity index (χ2n) is 2.88. The van der Waals surface area contributed by atoms with Gasteiger partial charge in [-0.25, -0.2) is 4.79 Å². The predicted molar refractivity (Wildman–Crippen MR) is 41.7 cm³/mol. The summed E-state index contributed by atoms with van der Waals surface area (Å²) < 4.78 is 9.47. The van der Waals surface area contributed by atoms with E-state index in [1.54, 1.807) is 7.11 Å². The van der Waals surface area contributed by atoms with Gasteiger partial charge in [0.1, 0.15) is 6.10 Å². The largest absolute Gasteiger partial charge is 0.438 e. The predicted octanol–water partition coefficient (Wildman–Crippen LogP) is 0.706. The normalized spacial score (nSPS) is 13.7. The number of methoxy groups -OCH3 is 1. The summed E-state index contributed by atoms with van der Waals surface area (Å²) in [5, 5.41) is 3.54. The highest BCUT2D eigenvalue weighted by atomic mass is 16.5. The van der Waals surface area contributed by atoms with Crippen molar-refractivity contribution < 1.29 is 9.26 Å². The van der Waals surface area contributed by atoms with E-state index in [1.165, 1.54) is 0 Å². The van der Waals surface area contributed by atoms with Gasteiger partial charge in [-0.2, -0.15) is 0 Å². The lowest BCUT2D eigenvalue weighted by molar-refractivity contribution is 0.0555. The molecule has 12 heavy (non-hydrogen) atoms. The Labute approximate surface area is 69.7 Å². The minimum Gasteiger partial charge on any atom is -0.373 e. The standard InChI is InChI=1S/C7H12N2O3/c1-4(2)5(11-3)6-8-7(10)12-9-6/h4-5H,1-3H3,(H,8,9,10). The number of rotatable bonds is 3. The Morgan fingerprint density at radius 2 is 2.25 bits per heavy atom. The Morgan fingerprint density at radius 1 is 1.58 bits per heavy atom. The zero-order chi connectivity index (χ0) is 9.14. The lowest BCUT2D eigenvalue weighted by Gasteiger charge is -2.14. The van der Waals surface area contributed by atoms with Crippen molar-refractivity contribution >= 4 is 0 Å². The first-order chi connectivity index (χ1) is 5.65. The maximum Gasteiger partial charge on any atom is 0.438 e. The molecule has 0 radical (unpaired) electrons. The summed E-state index contributed by atoms with van der Waals surface area (Å²) in [6.07, 6.45) is -0.212. The molecule has 0 aliphatic heterocycles. The minimum atomic E-state index is -0.548. The van der Waals surface area contributed by atoms with Crippen molar-refractivity contribution in [3.05, 3.63) is 16.4 Å². The number of nitrogens with one attached hydrogen (secondary N) is 1. The number of hydrogen-bond donors (Lipinski definition) is 1. The smallest absolute Gasteiger partial charge is 0.373 e. The van der Waals surface area contributed by atoms with E-state index in [-0.39, 0.29) is 12.0 Å². The second kappa shape index (κ2) is 3.53.